The summed E-state index contributed by atoms with van der Waals surface area (Å²) in [5.41, 5.74) is 5.46. The zero-order valence-electron chi connectivity index (χ0n) is 24.2. The average molecular weight is 558 g/mol. The summed E-state index contributed by atoms with van der Waals surface area (Å²) in [6.07, 6.45) is 0. The van der Waals surface area contributed by atoms with E-state index < -0.39 is 11.9 Å². The summed E-state index contributed by atoms with van der Waals surface area (Å²) < 4.78 is 13.3. The summed E-state index contributed by atoms with van der Waals surface area (Å²) >= 11 is 0. The molecular weight excluding hydrogens is 518 g/mol. The van der Waals surface area contributed by atoms with Gasteiger partial charge in [-0.2, -0.15) is 10.6 Å². The van der Waals surface area contributed by atoms with E-state index in [-0.39, 0.29) is 5.41 Å². The molecule has 0 spiro atoms. The van der Waals surface area contributed by atoms with Crippen molar-refractivity contribution in [3.8, 4) is 11.4 Å². The van der Waals surface area contributed by atoms with Gasteiger partial charge in [-0.15, -0.1) is 0 Å². The molecule has 1 aliphatic heterocycles. The van der Waals surface area contributed by atoms with Crippen LogP contribution in [0.3, 0.4) is 0 Å². The number of rotatable bonds is 9. The van der Waals surface area contributed by atoms with Crippen LogP contribution in [0, 0.1) is 6.92 Å². The van der Waals surface area contributed by atoms with E-state index in [2.05, 4.69) is 36.5 Å². The van der Waals surface area contributed by atoms with Crippen LogP contribution in [0.1, 0.15) is 43.6 Å². The SMILES string of the molecule is Cc1ccc(-n2nc(C(C)(C)C)cc2NC(=O)C(NO)c2ccc(OCCN3CCOCC3)c3ccccc23)cc1. The van der Waals surface area contributed by atoms with Gasteiger partial charge in [0.25, 0.3) is 0 Å². The fourth-order valence-corrected chi connectivity index (χ4v) is 4.97. The molecule has 0 saturated carbocycles. The molecule has 0 bridgehead atoms. The Bertz CT molecular complexity index is 1490. The molecule has 3 aromatic carbocycles. The molecule has 3 N–H and O–H groups in total. The zero-order chi connectivity index (χ0) is 29.0. The van der Waals surface area contributed by atoms with E-state index in [0.717, 1.165) is 66.3 Å². The number of hydrogen-bond acceptors (Lipinski definition) is 7. The van der Waals surface area contributed by atoms with Gasteiger partial charge in [-0.25, -0.2) is 4.68 Å². The van der Waals surface area contributed by atoms with Crippen LogP contribution in [0.25, 0.3) is 16.5 Å². The van der Waals surface area contributed by atoms with Crippen molar-refractivity contribution in [3.05, 3.63) is 83.6 Å². The largest absolute Gasteiger partial charge is 0.492 e. The molecule has 41 heavy (non-hydrogen) atoms. The number of benzene rings is 3. The Morgan fingerprint density at radius 1 is 1.05 bits per heavy atom. The van der Waals surface area contributed by atoms with Crippen LogP contribution in [-0.2, 0) is 14.9 Å². The highest BCUT2D eigenvalue weighted by Gasteiger charge is 2.26. The molecule has 5 rings (SSSR count). The average Bonchev–Trinajstić information content (AvgIpc) is 3.39. The second kappa shape index (κ2) is 12.4. The number of ether oxygens (including phenoxy) is 2. The maximum atomic E-state index is 13.7. The van der Waals surface area contributed by atoms with Crippen LogP contribution < -0.4 is 15.5 Å². The van der Waals surface area contributed by atoms with E-state index in [1.807, 2.05) is 73.7 Å². The highest BCUT2D eigenvalue weighted by molar-refractivity contribution is 6.00. The van der Waals surface area contributed by atoms with Crippen molar-refractivity contribution in [3.63, 3.8) is 0 Å². The first-order valence-electron chi connectivity index (χ1n) is 14.1. The Kier molecular flexibility index (Phi) is 8.70. The first-order chi connectivity index (χ1) is 19.7. The van der Waals surface area contributed by atoms with Gasteiger partial charge < -0.3 is 20.0 Å². The first-order valence-corrected chi connectivity index (χ1v) is 14.1. The third kappa shape index (κ3) is 6.60. The molecule has 9 nitrogen and oxygen atoms in total. The lowest BCUT2D eigenvalue weighted by atomic mass is 9.92. The van der Waals surface area contributed by atoms with Crippen molar-refractivity contribution in [1.82, 2.24) is 20.2 Å². The number of hydroxylamine groups is 1. The monoisotopic (exact) mass is 557 g/mol. The van der Waals surface area contributed by atoms with Crippen molar-refractivity contribution >= 4 is 22.5 Å². The Morgan fingerprint density at radius 3 is 2.44 bits per heavy atom. The molecular formula is C32H39N5O4. The zero-order valence-corrected chi connectivity index (χ0v) is 24.2. The normalized spacial score (nSPS) is 15.1. The van der Waals surface area contributed by atoms with Crippen molar-refractivity contribution in [2.45, 2.75) is 39.2 Å². The van der Waals surface area contributed by atoms with Gasteiger partial charge in [0, 0.05) is 36.5 Å². The summed E-state index contributed by atoms with van der Waals surface area (Å²) in [5.74, 6) is 0.853. The Balaban J connectivity index is 1.40. The van der Waals surface area contributed by atoms with E-state index in [1.54, 1.807) is 4.68 Å². The fraction of sp³-hybridized carbons (Fsp3) is 0.375. The number of amides is 1. The highest BCUT2D eigenvalue weighted by atomic mass is 16.5. The van der Waals surface area contributed by atoms with Crippen LogP contribution >= 0.6 is 0 Å². The quantitative estimate of drug-likeness (QED) is 0.249. The maximum Gasteiger partial charge on any atom is 0.249 e. The van der Waals surface area contributed by atoms with Gasteiger partial charge in [0.15, 0.2) is 0 Å². The number of aryl methyl sites for hydroxylation is 1. The maximum absolute atomic E-state index is 13.7. The van der Waals surface area contributed by atoms with Gasteiger partial charge in [-0.05, 0) is 36.1 Å². The van der Waals surface area contributed by atoms with Gasteiger partial charge >= 0.3 is 0 Å². The molecule has 216 valence electrons. The number of fused-ring (bicyclic) bond motifs is 1. The van der Waals surface area contributed by atoms with Crippen LogP contribution in [0.2, 0.25) is 0 Å². The second-order valence-electron chi connectivity index (χ2n) is 11.5. The van der Waals surface area contributed by atoms with Crippen LogP contribution in [0.4, 0.5) is 5.82 Å². The number of anilines is 1. The predicted octanol–water partition coefficient (Wildman–Crippen LogP) is 5.00. The summed E-state index contributed by atoms with van der Waals surface area (Å²) in [5, 5.41) is 19.7. The van der Waals surface area contributed by atoms with Gasteiger partial charge in [0.2, 0.25) is 5.91 Å². The minimum absolute atomic E-state index is 0.224. The highest BCUT2D eigenvalue weighted by Crippen LogP contribution is 2.33. The summed E-state index contributed by atoms with van der Waals surface area (Å²) in [4.78, 5) is 16.0. The number of carbonyl (C=O) groups is 1. The minimum Gasteiger partial charge on any atom is -0.492 e. The number of hydrogen-bond donors (Lipinski definition) is 3. The molecule has 1 aliphatic rings. The molecule has 1 amide bonds. The second-order valence-corrected chi connectivity index (χ2v) is 11.5. The summed E-state index contributed by atoms with van der Waals surface area (Å²) in [6.45, 7) is 12.9. The van der Waals surface area contributed by atoms with Crippen LogP contribution in [0.15, 0.2) is 66.7 Å². The number of aromatic nitrogens is 2. The van der Waals surface area contributed by atoms with Gasteiger partial charge in [0.1, 0.15) is 24.2 Å². The molecule has 1 fully saturated rings. The third-order valence-electron chi connectivity index (χ3n) is 7.40. The van der Waals surface area contributed by atoms with E-state index >= 15 is 0 Å². The predicted molar refractivity (Wildman–Crippen MR) is 160 cm³/mol. The molecule has 1 unspecified atom stereocenters. The number of carbonyl (C=O) groups excluding carboxylic acids is 1. The van der Waals surface area contributed by atoms with Crippen molar-refractivity contribution in [2.24, 2.45) is 0 Å². The molecule has 9 heteroatoms. The van der Waals surface area contributed by atoms with Crippen molar-refractivity contribution in [1.29, 1.82) is 0 Å². The minimum atomic E-state index is -1.03. The third-order valence-corrected chi connectivity index (χ3v) is 7.40. The Morgan fingerprint density at radius 2 is 1.76 bits per heavy atom. The molecule has 0 aliphatic carbocycles. The van der Waals surface area contributed by atoms with E-state index in [4.69, 9.17) is 14.6 Å². The van der Waals surface area contributed by atoms with E-state index in [1.165, 1.54) is 0 Å². The molecule has 1 saturated heterocycles. The van der Waals surface area contributed by atoms with Gasteiger partial charge in [-0.3, -0.25) is 9.69 Å². The topological polar surface area (TPSA) is 101 Å². The molecule has 2 heterocycles. The number of morpholine rings is 1. The molecule has 1 atom stereocenters. The lowest BCUT2D eigenvalue weighted by Gasteiger charge is -2.26. The molecule has 4 aromatic rings. The lowest BCUT2D eigenvalue weighted by Crippen LogP contribution is -2.38. The first kappa shape index (κ1) is 28.8. The van der Waals surface area contributed by atoms with Crippen molar-refractivity contribution < 1.29 is 19.5 Å². The fourth-order valence-electron chi connectivity index (χ4n) is 4.97. The number of nitrogens with one attached hydrogen (secondary N) is 2. The van der Waals surface area contributed by atoms with E-state index in [0.29, 0.717) is 18.0 Å². The summed E-state index contributed by atoms with van der Waals surface area (Å²) in [6, 6.07) is 20.3. The van der Waals surface area contributed by atoms with Gasteiger partial charge in [0.05, 0.1) is 24.6 Å². The van der Waals surface area contributed by atoms with E-state index in [9.17, 15) is 10.0 Å². The van der Waals surface area contributed by atoms with Crippen LogP contribution in [0.5, 0.6) is 5.75 Å². The molecule has 1 aromatic heterocycles. The Labute approximate surface area is 241 Å². The number of nitrogens with zero attached hydrogens (tertiary/aromatic N) is 3. The molecule has 0 radical (unpaired) electrons. The lowest BCUT2D eigenvalue weighted by molar-refractivity contribution is -0.120. The van der Waals surface area contributed by atoms with Crippen LogP contribution in [-0.4, -0.2) is 65.2 Å². The van der Waals surface area contributed by atoms with Gasteiger partial charge in [-0.1, -0.05) is 68.8 Å². The summed E-state index contributed by atoms with van der Waals surface area (Å²) in [7, 11) is 0. The van der Waals surface area contributed by atoms with Crippen molar-refractivity contribution in [2.75, 3.05) is 44.8 Å². The Hall–Kier alpha value is -3.76. The smallest absolute Gasteiger partial charge is 0.249 e. The standard InChI is InChI=1S/C32H39N5O4/c1-22-9-11-23(12-10-22)37-29(21-28(34-37)32(2,3)4)33-31(38)30(35-39)26-13-14-27(25-8-6-5-7-24(25)26)41-20-17-36-15-18-40-19-16-36/h5-14,21,30,35,39H,15-20H2,1-4H3,(H,33,38).